The van der Waals surface area contributed by atoms with Crippen LogP contribution in [0.5, 0.6) is 0 Å². The summed E-state index contributed by atoms with van der Waals surface area (Å²) in [5.74, 6) is 0.684. The van der Waals surface area contributed by atoms with Crippen molar-refractivity contribution in [3.8, 4) is 33.6 Å². The molecule has 0 saturated carbocycles. The lowest BCUT2D eigenvalue weighted by Crippen LogP contribution is -2.50. The fourth-order valence-corrected chi connectivity index (χ4v) is 5.31. The average molecular weight is 488 g/mol. The van der Waals surface area contributed by atoms with E-state index in [2.05, 4.69) is 48.1 Å². The molecule has 9 heteroatoms. The first-order chi connectivity index (χ1) is 17.6. The SMILES string of the molecule is Cn1cc(-c2cccc(-c3ncc(-c4cnn(C5CCN(C6CCOC[C@H]6F)CC5)c4)cn3)c2)cn1. The van der Waals surface area contributed by atoms with Crippen LogP contribution < -0.4 is 0 Å². The van der Waals surface area contributed by atoms with E-state index in [0.29, 0.717) is 18.5 Å². The van der Waals surface area contributed by atoms with Crippen molar-refractivity contribution in [2.75, 3.05) is 26.3 Å². The second-order valence-corrected chi connectivity index (χ2v) is 9.70. The third kappa shape index (κ3) is 4.68. The van der Waals surface area contributed by atoms with Crippen molar-refractivity contribution in [3.05, 3.63) is 61.4 Å². The quantitative estimate of drug-likeness (QED) is 0.421. The van der Waals surface area contributed by atoms with Gasteiger partial charge in [0.2, 0.25) is 0 Å². The van der Waals surface area contributed by atoms with Crippen molar-refractivity contribution in [3.63, 3.8) is 0 Å². The highest BCUT2D eigenvalue weighted by molar-refractivity contribution is 5.70. The molecule has 186 valence electrons. The average Bonchev–Trinajstić information content (AvgIpc) is 3.59. The first-order valence-corrected chi connectivity index (χ1v) is 12.6. The highest BCUT2D eigenvalue weighted by Crippen LogP contribution is 2.29. The number of aromatic nitrogens is 6. The molecule has 0 radical (unpaired) electrons. The minimum atomic E-state index is -0.882. The van der Waals surface area contributed by atoms with Crippen LogP contribution in [0.3, 0.4) is 0 Å². The summed E-state index contributed by atoms with van der Waals surface area (Å²) in [6.07, 6.45) is 13.3. The Labute approximate surface area is 209 Å². The molecule has 0 N–H and O–H groups in total. The van der Waals surface area contributed by atoms with E-state index in [1.807, 2.05) is 50.2 Å². The van der Waals surface area contributed by atoms with Crippen molar-refractivity contribution in [1.82, 2.24) is 34.4 Å². The van der Waals surface area contributed by atoms with Gasteiger partial charge < -0.3 is 4.74 Å². The van der Waals surface area contributed by atoms with Gasteiger partial charge in [-0.15, -0.1) is 0 Å². The molecule has 2 aliphatic rings. The number of hydrogen-bond acceptors (Lipinski definition) is 6. The predicted octanol–water partition coefficient (Wildman–Crippen LogP) is 4.17. The molecule has 0 amide bonds. The van der Waals surface area contributed by atoms with E-state index in [0.717, 1.165) is 60.2 Å². The topological polar surface area (TPSA) is 73.9 Å². The van der Waals surface area contributed by atoms with Gasteiger partial charge >= 0.3 is 0 Å². The molecule has 2 atom stereocenters. The summed E-state index contributed by atoms with van der Waals surface area (Å²) in [4.78, 5) is 11.6. The lowest BCUT2D eigenvalue weighted by atomic mass is 9.99. The number of likely N-dealkylation sites (tertiary alicyclic amines) is 1. The zero-order chi connectivity index (χ0) is 24.5. The normalized spacial score (nSPS) is 21.6. The maximum Gasteiger partial charge on any atom is 0.159 e. The first-order valence-electron chi connectivity index (χ1n) is 12.6. The molecule has 4 aromatic rings. The Hall–Kier alpha value is -3.43. The highest BCUT2D eigenvalue weighted by Gasteiger charge is 2.33. The number of hydrogen-bond donors (Lipinski definition) is 0. The van der Waals surface area contributed by atoms with E-state index in [4.69, 9.17) is 4.74 Å². The number of rotatable bonds is 5. The van der Waals surface area contributed by atoms with Crippen LogP contribution in [0.25, 0.3) is 33.6 Å². The third-order valence-electron chi connectivity index (χ3n) is 7.34. The minimum Gasteiger partial charge on any atom is -0.378 e. The fraction of sp³-hybridized carbons (Fsp3) is 0.407. The Morgan fingerprint density at radius 1 is 0.861 bits per heavy atom. The molecule has 6 rings (SSSR count). The molecule has 1 aromatic carbocycles. The Morgan fingerprint density at radius 3 is 2.36 bits per heavy atom. The molecule has 0 bridgehead atoms. The van der Waals surface area contributed by atoms with Crippen LogP contribution in [0.15, 0.2) is 61.4 Å². The second-order valence-electron chi connectivity index (χ2n) is 9.70. The Kier molecular flexibility index (Phi) is 6.33. The standard InChI is InChI=1S/C27H30FN7O/c1-33-16-22(14-31-33)19-3-2-4-20(11-19)27-29-12-21(13-30-27)23-15-32-35(17-23)24-5-8-34(9-6-24)26-7-10-36-18-25(26)28/h2-4,11-17,24-26H,5-10,18H2,1H3/t25-,26?/m1/s1. The van der Waals surface area contributed by atoms with Crippen molar-refractivity contribution < 1.29 is 9.13 Å². The predicted molar refractivity (Wildman–Crippen MR) is 135 cm³/mol. The van der Waals surface area contributed by atoms with Gasteiger partial charge in [-0.1, -0.05) is 18.2 Å². The van der Waals surface area contributed by atoms with E-state index < -0.39 is 6.17 Å². The molecule has 3 aromatic heterocycles. The molecule has 36 heavy (non-hydrogen) atoms. The summed E-state index contributed by atoms with van der Waals surface area (Å²) in [7, 11) is 1.91. The molecule has 2 aliphatic heterocycles. The Balaban J connectivity index is 1.12. The van der Waals surface area contributed by atoms with Crippen molar-refractivity contribution in [2.45, 2.75) is 37.5 Å². The van der Waals surface area contributed by atoms with Gasteiger partial charge in [0.15, 0.2) is 5.82 Å². The number of aryl methyl sites for hydroxylation is 1. The molecule has 1 unspecified atom stereocenters. The minimum absolute atomic E-state index is 0.00593. The van der Waals surface area contributed by atoms with Gasteiger partial charge in [-0.05, 0) is 30.9 Å². The maximum atomic E-state index is 14.3. The van der Waals surface area contributed by atoms with Gasteiger partial charge in [0.25, 0.3) is 0 Å². The van der Waals surface area contributed by atoms with Crippen LogP contribution in [0.2, 0.25) is 0 Å². The lowest BCUT2D eigenvalue weighted by Gasteiger charge is -2.40. The maximum absolute atomic E-state index is 14.3. The highest BCUT2D eigenvalue weighted by atomic mass is 19.1. The summed E-state index contributed by atoms with van der Waals surface area (Å²) in [5.41, 5.74) is 5.05. The number of piperidine rings is 1. The summed E-state index contributed by atoms with van der Waals surface area (Å²) in [5, 5.41) is 8.90. The zero-order valence-corrected chi connectivity index (χ0v) is 20.4. The van der Waals surface area contributed by atoms with E-state index in [9.17, 15) is 4.39 Å². The second kappa shape index (κ2) is 9.91. The van der Waals surface area contributed by atoms with Crippen molar-refractivity contribution >= 4 is 0 Å². The Bertz CT molecular complexity index is 1310. The molecule has 2 saturated heterocycles. The van der Waals surface area contributed by atoms with Gasteiger partial charge in [-0.2, -0.15) is 10.2 Å². The first kappa shape index (κ1) is 23.0. The molecular formula is C27H30FN7O. The molecular weight excluding hydrogens is 457 g/mol. The summed E-state index contributed by atoms with van der Waals surface area (Å²) >= 11 is 0. The van der Waals surface area contributed by atoms with E-state index >= 15 is 0 Å². The smallest absolute Gasteiger partial charge is 0.159 e. The van der Waals surface area contributed by atoms with Crippen LogP contribution in [-0.4, -0.2) is 72.9 Å². The third-order valence-corrected chi connectivity index (χ3v) is 7.34. The number of halogens is 1. The monoisotopic (exact) mass is 487 g/mol. The zero-order valence-electron chi connectivity index (χ0n) is 20.4. The number of benzene rings is 1. The van der Waals surface area contributed by atoms with Crippen molar-refractivity contribution in [1.29, 1.82) is 0 Å². The molecule has 5 heterocycles. The number of ether oxygens (including phenoxy) is 1. The molecule has 0 aliphatic carbocycles. The van der Waals surface area contributed by atoms with E-state index in [-0.39, 0.29) is 12.6 Å². The van der Waals surface area contributed by atoms with Crippen LogP contribution >= 0.6 is 0 Å². The van der Waals surface area contributed by atoms with Crippen LogP contribution in [-0.2, 0) is 11.8 Å². The van der Waals surface area contributed by atoms with E-state index in [1.54, 1.807) is 4.68 Å². The lowest BCUT2D eigenvalue weighted by molar-refractivity contribution is -0.0361. The van der Waals surface area contributed by atoms with Gasteiger partial charge in [-0.25, -0.2) is 14.4 Å². The summed E-state index contributed by atoms with van der Waals surface area (Å²) in [6.45, 7) is 2.66. The number of nitrogens with zero attached hydrogens (tertiary/aromatic N) is 7. The van der Waals surface area contributed by atoms with Crippen LogP contribution in [0.4, 0.5) is 4.39 Å². The number of alkyl halides is 1. The summed E-state index contributed by atoms with van der Waals surface area (Å²) < 4.78 is 23.4. The van der Waals surface area contributed by atoms with Gasteiger partial charge in [-0.3, -0.25) is 14.3 Å². The van der Waals surface area contributed by atoms with E-state index in [1.165, 1.54) is 0 Å². The van der Waals surface area contributed by atoms with Crippen molar-refractivity contribution in [2.24, 2.45) is 7.05 Å². The van der Waals surface area contributed by atoms with Gasteiger partial charge in [0.05, 0.1) is 25.0 Å². The summed E-state index contributed by atoms with van der Waals surface area (Å²) in [6, 6.07) is 8.50. The van der Waals surface area contributed by atoms with Crippen LogP contribution in [0.1, 0.15) is 25.3 Å². The van der Waals surface area contributed by atoms with Gasteiger partial charge in [0.1, 0.15) is 6.17 Å². The molecule has 8 nitrogen and oxygen atoms in total. The molecule has 0 spiro atoms. The van der Waals surface area contributed by atoms with Gasteiger partial charge in [0, 0.05) is 79.8 Å². The van der Waals surface area contributed by atoms with Crippen LogP contribution in [0, 0.1) is 0 Å². The Morgan fingerprint density at radius 2 is 1.61 bits per heavy atom. The fourth-order valence-electron chi connectivity index (χ4n) is 5.31. The largest absolute Gasteiger partial charge is 0.378 e. The molecule has 2 fully saturated rings.